The molecule has 0 aromatic heterocycles. The molecule has 0 aliphatic heterocycles. The molecule has 0 saturated carbocycles. The maximum atomic E-state index is 11.5. The van der Waals surface area contributed by atoms with Crippen LogP contribution in [-0.2, 0) is 4.79 Å². The molecular formula is C16H10Cl2O4. The first kappa shape index (κ1) is 16.1. The van der Waals surface area contributed by atoms with Crippen molar-refractivity contribution < 1.29 is 19.8 Å². The minimum atomic E-state index is -1.20. The van der Waals surface area contributed by atoms with Crippen molar-refractivity contribution in [2.45, 2.75) is 0 Å². The Morgan fingerprint density at radius 1 is 0.955 bits per heavy atom. The van der Waals surface area contributed by atoms with Gasteiger partial charge in [-0.05, 0) is 35.4 Å². The lowest BCUT2D eigenvalue weighted by Crippen LogP contribution is -2.03. The first-order valence-corrected chi connectivity index (χ1v) is 6.88. The average molecular weight is 337 g/mol. The first-order valence-electron chi connectivity index (χ1n) is 6.13. The van der Waals surface area contributed by atoms with Gasteiger partial charge in [0, 0.05) is 0 Å². The molecule has 0 aliphatic carbocycles. The molecule has 22 heavy (non-hydrogen) atoms. The highest BCUT2D eigenvalue weighted by Gasteiger charge is 2.15. The third-order valence-electron chi connectivity index (χ3n) is 2.95. The summed E-state index contributed by atoms with van der Waals surface area (Å²) in [6, 6.07) is 10.6. The Morgan fingerprint density at radius 2 is 1.64 bits per heavy atom. The zero-order chi connectivity index (χ0) is 16.3. The highest BCUT2D eigenvalue weighted by Crippen LogP contribution is 2.28. The van der Waals surface area contributed by atoms with E-state index in [4.69, 9.17) is 28.3 Å². The van der Waals surface area contributed by atoms with Gasteiger partial charge in [0.05, 0.1) is 21.2 Å². The predicted octanol–water partition coefficient (Wildman–Crippen LogP) is 4.32. The van der Waals surface area contributed by atoms with Crippen LogP contribution in [0.3, 0.4) is 0 Å². The summed E-state index contributed by atoms with van der Waals surface area (Å²) < 4.78 is 0. The number of hydrogen-bond acceptors (Lipinski definition) is 2. The summed E-state index contributed by atoms with van der Waals surface area (Å²) in [4.78, 5) is 22.7. The van der Waals surface area contributed by atoms with E-state index in [1.54, 1.807) is 12.1 Å². The second kappa shape index (κ2) is 6.64. The van der Waals surface area contributed by atoms with E-state index in [1.807, 2.05) is 0 Å². The minimum Gasteiger partial charge on any atom is -0.478 e. The van der Waals surface area contributed by atoms with Crippen molar-refractivity contribution in [2.75, 3.05) is 0 Å². The van der Waals surface area contributed by atoms with Crippen molar-refractivity contribution in [1.29, 1.82) is 0 Å². The Morgan fingerprint density at radius 3 is 2.23 bits per heavy atom. The molecule has 2 aromatic carbocycles. The van der Waals surface area contributed by atoms with E-state index in [2.05, 4.69) is 0 Å². The van der Waals surface area contributed by atoms with Gasteiger partial charge < -0.3 is 10.2 Å². The van der Waals surface area contributed by atoms with Crippen molar-refractivity contribution in [1.82, 2.24) is 0 Å². The Labute approximate surface area is 136 Å². The van der Waals surface area contributed by atoms with Gasteiger partial charge in [0.25, 0.3) is 0 Å². The highest BCUT2D eigenvalue weighted by molar-refractivity contribution is 6.42. The van der Waals surface area contributed by atoms with Crippen molar-refractivity contribution >= 4 is 46.8 Å². The largest absolute Gasteiger partial charge is 0.478 e. The molecule has 6 heteroatoms. The Balaban J connectivity index is 2.60. The van der Waals surface area contributed by atoms with E-state index < -0.39 is 11.9 Å². The van der Waals surface area contributed by atoms with E-state index in [0.717, 1.165) is 0 Å². The lowest BCUT2D eigenvalue weighted by molar-refractivity contribution is -0.130. The van der Waals surface area contributed by atoms with E-state index in [1.165, 1.54) is 36.4 Å². The molecule has 0 amide bonds. The predicted molar refractivity (Wildman–Crippen MR) is 85.4 cm³/mol. The topological polar surface area (TPSA) is 74.6 Å². The van der Waals surface area contributed by atoms with Crippen LogP contribution in [0, 0.1) is 0 Å². The monoisotopic (exact) mass is 336 g/mol. The van der Waals surface area contributed by atoms with Crippen LogP contribution in [-0.4, -0.2) is 22.2 Å². The number of hydrogen-bond donors (Lipinski definition) is 2. The van der Waals surface area contributed by atoms with Crippen molar-refractivity contribution in [3.63, 3.8) is 0 Å². The summed E-state index contributed by atoms with van der Waals surface area (Å²) in [7, 11) is 0. The molecule has 2 N–H and O–H groups in total. The number of aliphatic carboxylic acids is 1. The Hall–Kier alpha value is -2.30. The fraction of sp³-hybridized carbons (Fsp3) is 0. The van der Waals surface area contributed by atoms with Crippen LogP contribution in [0.4, 0.5) is 0 Å². The summed E-state index contributed by atoms with van der Waals surface area (Å²) in [6.45, 7) is 0. The number of rotatable bonds is 4. The number of benzene rings is 2. The van der Waals surface area contributed by atoms with Crippen LogP contribution in [0.2, 0.25) is 10.0 Å². The van der Waals surface area contributed by atoms with Gasteiger partial charge in [-0.3, -0.25) is 0 Å². The summed E-state index contributed by atoms with van der Waals surface area (Å²) in [5, 5.41) is 19.1. The van der Waals surface area contributed by atoms with Crippen LogP contribution in [0.5, 0.6) is 0 Å². The van der Waals surface area contributed by atoms with Crippen LogP contribution < -0.4 is 0 Å². The summed E-state index contributed by atoms with van der Waals surface area (Å²) in [5.74, 6) is -2.33. The average Bonchev–Trinajstić information content (AvgIpc) is 2.47. The van der Waals surface area contributed by atoms with E-state index in [-0.39, 0.29) is 16.2 Å². The van der Waals surface area contributed by atoms with Gasteiger partial charge in [-0.2, -0.15) is 0 Å². The molecule has 0 bridgehead atoms. The van der Waals surface area contributed by atoms with Crippen molar-refractivity contribution in [2.24, 2.45) is 0 Å². The van der Waals surface area contributed by atoms with Crippen LogP contribution in [0.25, 0.3) is 11.6 Å². The van der Waals surface area contributed by atoms with Crippen LogP contribution >= 0.6 is 23.2 Å². The molecule has 2 aromatic rings. The second-order valence-corrected chi connectivity index (χ2v) is 5.20. The molecule has 0 unspecified atom stereocenters. The van der Waals surface area contributed by atoms with Gasteiger partial charge in [0.2, 0.25) is 0 Å². The van der Waals surface area contributed by atoms with Gasteiger partial charge in [-0.1, -0.05) is 47.5 Å². The van der Waals surface area contributed by atoms with Gasteiger partial charge >= 0.3 is 11.9 Å². The zero-order valence-corrected chi connectivity index (χ0v) is 12.6. The molecule has 0 fully saturated rings. The smallest absolute Gasteiger partial charge is 0.336 e. The van der Waals surface area contributed by atoms with Gasteiger partial charge in [0.15, 0.2) is 0 Å². The summed E-state index contributed by atoms with van der Waals surface area (Å²) in [6.07, 6.45) is 1.30. The molecule has 0 heterocycles. The number of carboxylic acids is 2. The van der Waals surface area contributed by atoms with Crippen molar-refractivity contribution in [3.05, 3.63) is 69.2 Å². The standard InChI is InChI=1S/C16H10Cl2O4/c17-13-6-5-10(8-14(13)18)12(16(21)22)7-9-3-1-2-4-11(9)15(19)20/h1-8H,(H,19,20)(H,21,22)/b12-7-. The summed E-state index contributed by atoms with van der Waals surface area (Å²) in [5.41, 5.74) is 0.564. The van der Waals surface area contributed by atoms with Crippen LogP contribution in [0.1, 0.15) is 21.5 Å². The summed E-state index contributed by atoms with van der Waals surface area (Å²) >= 11 is 11.7. The molecule has 4 nitrogen and oxygen atoms in total. The molecular weight excluding hydrogens is 327 g/mol. The van der Waals surface area contributed by atoms with Crippen LogP contribution in [0.15, 0.2) is 42.5 Å². The third kappa shape index (κ3) is 3.47. The lowest BCUT2D eigenvalue weighted by Gasteiger charge is -2.06. The normalized spacial score (nSPS) is 11.3. The highest BCUT2D eigenvalue weighted by atomic mass is 35.5. The molecule has 112 valence electrons. The SMILES string of the molecule is O=C(O)/C(=C\c1ccccc1C(=O)O)c1ccc(Cl)c(Cl)c1. The van der Waals surface area contributed by atoms with Gasteiger partial charge in [-0.15, -0.1) is 0 Å². The molecule has 0 saturated heterocycles. The van der Waals surface area contributed by atoms with E-state index in [9.17, 15) is 14.7 Å². The molecule has 0 spiro atoms. The van der Waals surface area contributed by atoms with Gasteiger partial charge in [-0.25, -0.2) is 9.59 Å². The molecule has 2 rings (SSSR count). The maximum absolute atomic E-state index is 11.5. The quantitative estimate of drug-likeness (QED) is 0.644. The first-order chi connectivity index (χ1) is 10.4. The fourth-order valence-corrected chi connectivity index (χ4v) is 2.20. The van der Waals surface area contributed by atoms with Crippen molar-refractivity contribution in [3.8, 4) is 0 Å². The van der Waals surface area contributed by atoms with E-state index in [0.29, 0.717) is 16.1 Å². The second-order valence-electron chi connectivity index (χ2n) is 4.38. The lowest BCUT2D eigenvalue weighted by atomic mass is 10.00. The minimum absolute atomic E-state index is 0.0151. The fourth-order valence-electron chi connectivity index (χ4n) is 1.91. The number of carbonyl (C=O) groups is 2. The number of halogens is 2. The Kier molecular flexibility index (Phi) is 4.85. The maximum Gasteiger partial charge on any atom is 0.336 e. The number of aromatic carboxylic acids is 1. The molecule has 0 aliphatic rings. The zero-order valence-electron chi connectivity index (χ0n) is 11.1. The van der Waals surface area contributed by atoms with E-state index >= 15 is 0 Å². The number of carboxylic acid groups (broad SMARTS) is 2. The molecule has 0 atom stereocenters. The van der Waals surface area contributed by atoms with Gasteiger partial charge in [0.1, 0.15) is 0 Å². The third-order valence-corrected chi connectivity index (χ3v) is 3.69. The molecule has 0 radical (unpaired) electrons. The Bertz CT molecular complexity index is 781.